The Balaban J connectivity index is -0.000000456. The van der Waals surface area contributed by atoms with Crippen molar-refractivity contribution in [3.63, 3.8) is 0 Å². The van der Waals surface area contributed by atoms with Crippen LogP contribution in [0.25, 0.3) is 0 Å². The van der Waals surface area contributed by atoms with Gasteiger partial charge in [-0.15, -0.1) is 0 Å². The molecule has 4 rings (SSSR count). The third-order valence-corrected chi connectivity index (χ3v) is 4.48. The summed E-state index contributed by atoms with van der Waals surface area (Å²) in [5.41, 5.74) is -0.773. The number of aliphatic hydroxyl groups is 1. The van der Waals surface area contributed by atoms with E-state index < -0.39 is 17.4 Å². The number of hydrogen-bond acceptors (Lipinski definition) is 10. The molecule has 3 atom stereocenters. The van der Waals surface area contributed by atoms with Gasteiger partial charge >= 0.3 is 23.3 Å². The minimum absolute atomic E-state index is 0.0602. The van der Waals surface area contributed by atoms with Crippen LogP contribution in [0.5, 0.6) is 0 Å². The first-order valence-electron chi connectivity index (χ1n) is 12.7. The van der Waals surface area contributed by atoms with E-state index in [2.05, 4.69) is 41.5 Å². The lowest BCUT2D eigenvalue weighted by Gasteiger charge is -2.19. The molecular weight excluding hydrogens is 576 g/mol. The molecule has 238 valence electrons. The first kappa shape index (κ1) is 42.2. The summed E-state index contributed by atoms with van der Waals surface area (Å²) >= 11 is 4.60. The molecule has 1 saturated heterocycles. The first-order valence-corrected chi connectivity index (χ1v) is 13.0. The molecule has 0 aliphatic carbocycles. The molecule has 0 spiro atoms. The van der Waals surface area contributed by atoms with Crippen LogP contribution in [0, 0.1) is 17.8 Å². The highest BCUT2D eigenvalue weighted by molar-refractivity contribution is 6.61. The van der Waals surface area contributed by atoms with Gasteiger partial charge in [0.15, 0.2) is 0 Å². The number of rotatable bonds is 6. The number of aromatic amines is 1. The first-order chi connectivity index (χ1) is 20.0. The lowest BCUT2D eigenvalue weighted by atomic mass is 10.1. The van der Waals surface area contributed by atoms with Crippen LogP contribution in [0.15, 0.2) is 55.4 Å². The summed E-state index contributed by atoms with van der Waals surface area (Å²) in [6.07, 6.45) is 10.2. The van der Waals surface area contributed by atoms with Crippen molar-refractivity contribution in [3.05, 3.63) is 55.4 Å². The zero-order valence-corrected chi connectivity index (χ0v) is 25.7. The van der Waals surface area contributed by atoms with E-state index in [9.17, 15) is 19.2 Å². The van der Waals surface area contributed by atoms with Crippen LogP contribution >= 0.6 is 11.6 Å². The van der Waals surface area contributed by atoms with Crippen LogP contribution in [0.4, 0.5) is 4.79 Å². The van der Waals surface area contributed by atoms with E-state index in [4.69, 9.17) is 15.3 Å². The SMILES string of the molecule is CC.CO.COC(=O)Cl.C[C@@H](Cn1cccn1)C(=O)O.C[C@@H](Cn1cccn1)C(=O)O.C[C@H]1COC1=O.c1cn[nH]c1. The average molecular weight is 619 g/mol. The van der Waals surface area contributed by atoms with Crippen LogP contribution in [0.2, 0.25) is 0 Å². The van der Waals surface area contributed by atoms with Crippen LogP contribution in [-0.2, 0) is 36.9 Å². The number of cyclic esters (lactones) is 1. The highest BCUT2D eigenvalue weighted by atomic mass is 35.5. The molecule has 4 heterocycles. The van der Waals surface area contributed by atoms with Gasteiger partial charge in [-0.3, -0.25) is 28.8 Å². The van der Waals surface area contributed by atoms with E-state index in [1.54, 1.807) is 72.5 Å². The highest BCUT2D eigenvalue weighted by Crippen LogP contribution is 2.08. The molecule has 42 heavy (non-hydrogen) atoms. The molecule has 0 radical (unpaired) electrons. The Hall–Kier alpha value is -4.24. The summed E-state index contributed by atoms with van der Waals surface area (Å²) < 4.78 is 11.5. The van der Waals surface area contributed by atoms with Gasteiger partial charge in [0, 0.05) is 55.9 Å². The van der Waals surface area contributed by atoms with Gasteiger partial charge in [0.05, 0.1) is 38.0 Å². The summed E-state index contributed by atoms with van der Waals surface area (Å²) in [6, 6.07) is 5.38. The molecular formula is C26H43ClN6O9. The van der Waals surface area contributed by atoms with Gasteiger partial charge in [0.2, 0.25) is 0 Å². The summed E-state index contributed by atoms with van der Waals surface area (Å²) in [4.78, 5) is 40.1. The largest absolute Gasteiger partial charge is 0.481 e. The number of nitrogens with one attached hydrogen (secondary N) is 1. The minimum Gasteiger partial charge on any atom is -0.481 e. The van der Waals surface area contributed by atoms with Gasteiger partial charge < -0.3 is 24.8 Å². The minimum atomic E-state index is -0.791. The molecule has 16 heteroatoms. The number of carboxylic acids is 2. The average Bonchev–Trinajstić information content (AvgIpc) is 3.81. The lowest BCUT2D eigenvalue weighted by molar-refractivity contribution is -0.166. The quantitative estimate of drug-likeness (QED) is 0.231. The van der Waals surface area contributed by atoms with E-state index in [-0.39, 0.29) is 23.7 Å². The predicted molar refractivity (Wildman–Crippen MR) is 155 cm³/mol. The number of carboxylic acid groups (broad SMARTS) is 2. The van der Waals surface area contributed by atoms with Gasteiger partial charge in [-0.05, 0) is 25.1 Å². The molecule has 1 fully saturated rings. The Labute approximate surface area is 250 Å². The number of esters is 1. The van der Waals surface area contributed by atoms with E-state index in [1.165, 1.54) is 7.11 Å². The molecule has 1 aliphatic heterocycles. The number of aliphatic hydroxyl groups excluding tert-OH is 1. The second-order valence-electron chi connectivity index (χ2n) is 7.67. The zero-order valence-electron chi connectivity index (χ0n) is 25.0. The van der Waals surface area contributed by atoms with E-state index in [0.717, 1.165) is 7.11 Å². The second kappa shape index (κ2) is 28.3. The normalized spacial score (nSPS) is 13.3. The smallest absolute Gasteiger partial charge is 0.403 e. The molecule has 15 nitrogen and oxygen atoms in total. The number of hydrogen-bond donors (Lipinski definition) is 4. The van der Waals surface area contributed by atoms with E-state index in [0.29, 0.717) is 19.7 Å². The number of aliphatic carboxylic acids is 2. The number of carbonyl (C=O) groups excluding carboxylic acids is 2. The van der Waals surface area contributed by atoms with E-state index in [1.807, 2.05) is 26.8 Å². The lowest BCUT2D eigenvalue weighted by Crippen LogP contribution is -2.31. The predicted octanol–water partition coefficient (Wildman–Crippen LogP) is 3.42. The molecule has 0 saturated carbocycles. The maximum absolute atomic E-state index is 10.4. The molecule has 3 aromatic heterocycles. The van der Waals surface area contributed by atoms with Crippen LogP contribution < -0.4 is 0 Å². The second-order valence-corrected chi connectivity index (χ2v) is 7.98. The van der Waals surface area contributed by atoms with Crippen molar-refractivity contribution in [2.75, 3.05) is 20.8 Å². The Morgan fingerprint density at radius 3 is 1.55 bits per heavy atom. The monoisotopic (exact) mass is 618 g/mol. The van der Waals surface area contributed by atoms with Crippen molar-refractivity contribution in [1.29, 1.82) is 0 Å². The number of aromatic nitrogens is 6. The van der Waals surface area contributed by atoms with Crippen molar-refractivity contribution in [2.45, 2.75) is 47.7 Å². The highest BCUT2D eigenvalue weighted by Gasteiger charge is 2.24. The molecule has 3 aromatic rings. The summed E-state index contributed by atoms with van der Waals surface area (Å²) in [7, 11) is 2.22. The van der Waals surface area contributed by atoms with Gasteiger partial charge in [0.25, 0.3) is 0 Å². The molecule has 0 aromatic carbocycles. The summed E-state index contributed by atoms with van der Waals surface area (Å²) in [5, 5.41) is 38.1. The molecule has 1 aliphatic rings. The number of ether oxygens (including phenoxy) is 2. The molecule has 0 amide bonds. The standard InChI is InChI=1S/2C7H10N2O2.C4H6O2.C3H4N2.C2H3ClO2.C2H6.CH4O/c2*1-6(7(10)11)5-9-4-2-3-8-9;1-3-2-6-4(3)5;1-2-4-5-3-1;1-5-2(3)4;2*1-2/h2*2-4,6H,5H2,1H3,(H,10,11);3H,2H2,1H3;1-3H,(H,4,5);1H3;1-2H3;2H,1H3/t2*6-;3-;;;;/m000..../s1. The Bertz CT molecular complexity index is 964. The Morgan fingerprint density at radius 2 is 1.40 bits per heavy atom. The number of H-pyrrole nitrogens is 1. The van der Waals surface area contributed by atoms with Crippen molar-refractivity contribution >= 4 is 34.9 Å². The topological polar surface area (TPSA) is 212 Å². The number of nitrogens with zero attached hydrogens (tertiary/aromatic N) is 5. The Morgan fingerprint density at radius 1 is 1.00 bits per heavy atom. The van der Waals surface area contributed by atoms with E-state index >= 15 is 0 Å². The van der Waals surface area contributed by atoms with Crippen molar-refractivity contribution < 1.29 is 44.0 Å². The maximum atomic E-state index is 10.4. The van der Waals surface area contributed by atoms with Crippen LogP contribution in [0.1, 0.15) is 34.6 Å². The number of methoxy groups -OCH3 is 1. The van der Waals surface area contributed by atoms with Gasteiger partial charge in [-0.1, -0.05) is 27.7 Å². The van der Waals surface area contributed by atoms with Crippen molar-refractivity contribution in [3.8, 4) is 0 Å². The summed E-state index contributed by atoms with van der Waals surface area (Å²) in [6.45, 7) is 10.7. The molecule has 0 bridgehead atoms. The van der Waals surface area contributed by atoms with Gasteiger partial charge in [-0.25, -0.2) is 4.79 Å². The molecule has 4 N–H and O–H groups in total. The third kappa shape index (κ3) is 24.8. The fourth-order valence-corrected chi connectivity index (χ4v) is 2.07. The number of halogens is 1. The summed E-state index contributed by atoms with van der Waals surface area (Å²) in [5.74, 6) is -2.23. The number of carbonyl (C=O) groups is 4. The molecule has 0 unspecified atom stereocenters. The van der Waals surface area contributed by atoms with Crippen LogP contribution in [-0.4, -0.2) is 89.2 Å². The van der Waals surface area contributed by atoms with Gasteiger partial charge in [-0.2, -0.15) is 15.3 Å². The van der Waals surface area contributed by atoms with Crippen molar-refractivity contribution in [2.24, 2.45) is 17.8 Å². The zero-order chi connectivity index (χ0) is 32.9. The Kier molecular flexibility index (Phi) is 28.4. The van der Waals surface area contributed by atoms with Gasteiger partial charge in [0.1, 0.15) is 6.61 Å². The van der Waals surface area contributed by atoms with Crippen molar-refractivity contribution in [1.82, 2.24) is 29.8 Å². The fraction of sp³-hybridized carbons (Fsp3) is 0.500. The third-order valence-electron chi connectivity index (χ3n) is 4.33. The van der Waals surface area contributed by atoms with Crippen LogP contribution in [0.3, 0.4) is 0 Å². The fourth-order valence-electron chi connectivity index (χ4n) is 2.07. The maximum Gasteiger partial charge on any atom is 0.403 e.